The number of amides is 4. The number of fused-ring (bicyclic) bond motifs is 22. The number of benzene rings is 6. The molecule has 2 aromatic heterocycles. The van der Waals surface area contributed by atoms with Gasteiger partial charge in [0.2, 0.25) is 0 Å². The fraction of sp³-hybridized carbons (Fsp3) is 0.0400. The molecule has 5 aliphatic heterocycles. The second kappa shape index (κ2) is 18.4. The van der Waals surface area contributed by atoms with E-state index in [1.165, 1.54) is 12.1 Å². The number of carbonyl (C=O) groups excluding carboxylic acids is 4. The second-order valence-corrected chi connectivity index (χ2v) is 19.9. The Hall–Kier alpha value is -5.95. The SMILES string of the molecule is O=C1c2ccccc2C(=O)N1Cc1ccc2c(c1)-c1nc-2nc2nc(nc3nc([nH]c4[nH]c(n1)c1cc(CN5C(=O)c6ccccc6C5=O)ccc41)-c1ccc(S(=O)(=O)[O-])cc1-3)-c1ccc(S(=O)(=O)[O-])cc1-2.[K+].[K+]. The van der Waals surface area contributed by atoms with Crippen molar-refractivity contribution in [3.63, 3.8) is 0 Å². The van der Waals surface area contributed by atoms with Crippen LogP contribution in [0.4, 0.5) is 0 Å². The fourth-order valence-corrected chi connectivity index (χ4v) is 10.5. The van der Waals surface area contributed by atoms with Crippen LogP contribution in [0.1, 0.15) is 52.6 Å². The van der Waals surface area contributed by atoms with E-state index in [0.29, 0.717) is 44.2 Å². The predicted octanol–water partition coefficient (Wildman–Crippen LogP) is 0.181. The van der Waals surface area contributed by atoms with Gasteiger partial charge < -0.3 is 19.1 Å². The average molecular weight is 1070 g/mol. The molecule has 5 aliphatic rings. The number of rotatable bonds is 6. The molecule has 4 amide bonds. The van der Waals surface area contributed by atoms with Gasteiger partial charge in [0.1, 0.15) is 37.4 Å². The first-order valence-corrected chi connectivity index (χ1v) is 24.6. The van der Waals surface area contributed by atoms with Crippen molar-refractivity contribution in [1.82, 2.24) is 49.7 Å². The molecule has 8 bridgehead atoms. The van der Waals surface area contributed by atoms with Gasteiger partial charge in [-0.05, 0) is 83.9 Å². The number of hydrogen-bond acceptors (Lipinski definition) is 16. The van der Waals surface area contributed by atoms with E-state index in [-0.39, 0.29) is 195 Å². The molecule has 20 nitrogen and oxygen atoms in total. The molecule has 0 spiro atoms. The van der Waals surface area contributed by atoms with Crippen LogP contribution in [-0.2, 0) is 33.3 Å². The molecule has 74 heavy (non-hydrogen) atoms. The third-order valence-corrected chi connectivity index (χ3v) is 14.6. The second-order valence-electron chi connectivity index (χ2n) is 17.2. The van der Waals surface area contributed by atoms with Crippen molar-refractivity contribution >= 4 is 65.9 Å². The van der Waals surface area contributed by atoms with Gasteiger partial charge >= 0.3 is 103 Å². The van der Waals surface area contributed by atoms with E-state index in [2.05, 4.69) is 15.0 Å². The maximum absolute atomic E-state index is 13.5. The van der Waals surface area contributed by atoms with E-state index in [1.807, 2.05) is 0 Å². The molecule has 7 heterocycles. The number of carbonyl (C=O) groups is 4. The molecule has 0 saturated carbocycles. The van der Waals surface area contributed by atoms with Gasteiger partial charge in [-0.15, -0.1) is 0 Å². The average Bonchev–Trinajstić information content (AvgIpc) is 4.18. The van der Waals surface area contributed by atoms with Crippen molar-refractivity contribution in [3.8, 4) is 68.3 Å². The minimum Gasteiger partial charge on any atom is -0.744 e. The summed E-state index contributed by atoms with van der Waals surface area (Å²) in [6.07, 6.45) is 0. The number of aromatic nitrogens is 8. The van der Waals surface area contributed by atoms with Crippen LogP contribution in [0.3, 0.4) is 0 Å². The predicted molar refractivity (Wildman–Crippen MR) is 252 cm³/mol. The molecular formula is C50H26K2N10O10S2. The van der Waals surface area contributed by atoms with Crippen molar-refractivity contribution in [1.29, 1.82) is 0 Å². The molecule has 0 unspecified atom stereocenters. The fourth-order valence-electron chi connectivity index (χ4n) is 9.49. The first kappa shape index (κ1) is 50.2. The number of nitrogens with one attached hydrogen (secondary N) is 2. The Morgan fingerprint density at radius 1 is 0.405 bits per heavy atom. The minimum atomic E-state index is -5.00. The summed E-state index contributed by atoms with van der Waals surface area (Å²) in [4.78, 5) is 90.6. The summed E-state index contributed by atoms with van der Waals surface area (Å²) >= 11 is 0. The topological polar surface area (TPSA) is 298 Å². The van der Waals surface area contributed by atoms with E-state index < -0.39 is 53.7 Å². The molecule has 2 N–H and O–H groups in total. The van der Waals surface area contributed by atoms with Crippen LogP contribution in [0.2, 0.25) is 0 Å². The van der Waals surface area contributed by atoms with Crippen LogP contribution in [-0.4, -0.2) is 99.2 Å². The van der Waals surface area contributed by atoms with Crippen LogP contribution in [0.15, 0.2) is 131 Å². The van der Waals surface area contributed by atoms with Crippen LogP contribution >= 0.6 is 0 Å². The van der Waals surface area contributed by atoms with E-state index in [1.54, 1.807) is 84.9 Å². The zero-order chi connectivity index (χ0) is 49.5. The molecule has 0 atom stereocenters. The Bertz CT molecular complexity index is 4300. The molecular weight excluding hydrogens is 1040 g/mol. The number of imide groups is 2. The molecule has 0 aliphatic carbocycles. The van der Waals surface area contributed by atoms with E-state index in [9.17, 15) is 45.1 Å². The third-order valence-electron chi connectivity index (χ3n) is 12.9. The van der Waals surface area contributed by atoms with Gasteiger partial charge in [0.25, 0.3) is 23.6 Å². The minimum absolute atomic E-state index is 0. The van der Waals surface area contributed by atoms with Gasteiger partial charge in [-0.3, -0.25) is 29.0 Å². The van der Waals surface area contributed by atoms with Crippen LogP contribution < -0.4 is 103 Å². The van der Waals surface area contributed by atoms with Gasteiger partial charge in [-0.25, -0.2) is 46.7 Å². The van der Waals surface area contributed by atoms with E-state index in [4.69, 9.17) is 24.9 Å². The van der Waals surface area contributed by atoms with Gasteiger partial charge in [0.15, 0.2) is 29.1 Å². The molecule has 6 aromatic carbocycles. The first-order chi connectivity index (χ1) is 34.6. The smallest absolute Gasteiger partial charge is 0.744 e. The number of nitrogens with zero attached hydrogens (tertiary/aromatic N) is 8. The Balaban J connectivity index is 0.00000294. The Labute approximate surface area is 502 Å². The largest absolute Gasteiger partial charge is 1.00 e. The van der Waals surface area contributed by atoms with Crippen molar-refractivity contribution in [2.24, 2.45) is 0 Å². The monoisotopic (exact) mass is 1070 g/mol. The maximum Gasteiger partial charge on any atom is 1.00 e. The number of H-pyrrole nitrogens is 2. The number of hydrogen-bond donors (Lipinski definition) is 2. The summed E-state index contributed by atoms with van der Waals surface area (Å²) in [7, 11) is -9.97. The summed E-state index contributed by atoms with van der Waals surface area (Å²) in [5.41, 5.74) is 4.32. The quantitative estimate of drug-likeness (QED) is 0.128. The summed E-state index contributed by atoms with van der Waals surface area (Å²) in [5.74, 6) is -1.84. The van der Waals surface area contributed by atoms with E-state index >= 15 is 0 Å². The van der Waals surface area contributed by atoms with Crippen LogP contribution in [0.5, 0.6) is 0 Å². The summed E-state index contributed by atoms with van der Waals surface area (Å²) in [6.45, 7) is -0.211. The Kier molecular flexibility index (Phi) is 12.5. The van der Waals surface area contributed by atoms with Gasteiger partial charge in [0.05, 0.1) is 45.1 Å². The van der Waals surface area contributed by atoms with Crippen LogP contribution in [0.25, 0.3) is 90.4 Å². The van der Waals surface area contributed by atoms with Gasteiger partial charge in [-0.1, -0.05) is 48.5 Å². The first-order valence-electron chi connectivity index (χ1n) is 21.7. The molecule has 350 valence electrons. The molecule has 0 radical (unpaired) electrons. The van der Waals surface area contributed by atoms with Gasteiger partial charge in [-0.2, -0.15) is 0 Å². The number of aromatic amines is 2. The Morgan fingerprint density at radius 3 is 1.32 bits per heavy atom. The third kappa shape index (κ3) is 8.25. The normalized spacial score (nSPS) is 13.7. The van der Waals surface area contributed by atoms with Crippen molar-refractivity contribution in [3.05, 3.63) is 155 Å². The Morgan fingerprint density at radius 2 is 0.811 bits per heavy atom. The van der Waals surface area contributed by atoms with Gasteiger partial charge in [0, 0.05) is 44.2 Å². The van der Waals surface area contributed by atoms with E-state index in [0.717, 1.165) is 34.1 Å². The summed E-state index contributed by atoms with van der Waals surface area (Å²) in [5, 5.41) is 1.02. The van der Waals surface area contributed by atoms with Crippen molar-refractivity contribution in [2.45, 2.75) is 22.9 Å². The summed E-state index contributed by atoms with van der Waals surface area (Å²) in [6, 6.07) is 30.6. The van der Waals surface area contributed by atoms with Crippen LogP contribution in [0, 0.1) is 0 Å². The zero-order valence-electron chi connectivity index (χ0n) is 38.4. The molecule has 8 aromatic rings. The molecule has 24 heteroatoms. The maximum atomic E-state index is 13.5. The van der Waals surface area contributed by atoms with Crippen molar-refractivity contribution < 1.29 is 148 Å². The molecule has 0 fully saturated rings. The molecule has 0 saturated heterocycles. The standard InChI is InChI=1S/C50H28N10O10S2.2K/c61-47-31-5-1-2-6-32(31)48(62)59(47)21-23-9-13-27-35(17-23)43-52-39(27)51-41-29-15-11-25(71(65,66)67)19-37(29)46(55-41)57-42-30-16-12-26(72(68,69)70)20-38(30)45(56-42)54-40-28-14-10-24(18-36(28)44(53-40)58-43)22-60-49(63)33-7-3-4-8-34(33)50(60)64;;/h1-20H,21-22H2,(H,65,66,67)(H,68,69,70)(H2,51,52,53,54,55,56,57,58);;/q;2*+1/p-2. The summed E-state index contributed by atoms with van der Waals surface area (Å²) < 4.78 is 74.0. The zero-order valence-corrected chi connectivity index (χ0v) is 46.3. The van der Waals surface area contributed by atoms with Crippen molar-refractivity contribution in [2.75, 3.05) is 0 Å². The molecule has 13 rings (SSSR count).